The lowest BCUT2D eigenvalue weighted by Crippen LogP contribution is -2.33. The molecule has 2 aromatic rings. The van der Waals surface area contributed by atoms with Crippen LogP contribution in [0.5, 0.6) is 5.75 Å². The molecule has 0 bridgehead atoms. The molecule has 0 aliphatic carbocycles. The molecule has 142 valence electrons. The summed E-state index contributed by atoms with van der Waals surface area (Å²) in [5.74, 6) is -0.493. The molecular weight excluding hydrogens is 373 g/mol. The zero-order valence-electron chi connectivity index (χ0n) is 13.8. The van der Waals surface area contributed by atoms with Crippen molar-refractivity contribution in [2.75, 3.05) is 20.3 Å². The second kappa shape index (κ2) is 8.47. The summed E-state index contributed by atoms with van der Waals surface area (Å²) in [6.45, 7) is 0.295. The number of sulfonamides is 1. The molecule has 2 rings (SSSR count). The van der Waals surface area contributed by atoms with Crippen molar-refractivity contribution in [1.29, 1.82) is 0 Å². The zero-order chi connectivity index (χ0) is 19.2. The van der Waals surface area contributed by atoms with Crippen LogP contribution in [0.2, 0.25) is 0 Å². The van der Waals surface area contributed by atoms with Crippen molar-refractivity contribution in [3.05, 3.63) is 54.4 Å². The van der Waals surface area contributed by atoms with Crippen LogP contribution in [0.4, 0.5) is 13.2 Å². The number of rotatable bonds is 8. The zero-order valence-corrected chi connectivity index (χ0v) is 14.6. The molecule has 0 fully saturated rings. The van der Waals surface area contributed by atoms with Crippen molar-refractivity contribution < 1.29 is 31.1 Å². The highest BCUT2D eigenvalue weighted by atomic mass is 32.2. The van der Waals surface area contributed by atoms with Crippen LogP contribution in [0.3, 0.4) is 0 Å². The van der Waals surface area contributed by atoms with Crippen molar-refractivity contribution in [3.8, 4) is 5.75 Å². The average molecular weight is 390 g/mol. The fourth-order valence-corrected chi connectivity index (χ4v) is 3.55. The maximum Gasteiger partial charge on any atom is 0.573 e. The topological polar surface area (TPSA) is 68.7 Å². The van der Waals surface area contributed by atoms with Crippen molar-refractivity contribution in [2.24, 2.45) is 0 Å². The van der Waals surface area contributed by atoms with E-state index in [2.05, 4.69) is 9.72 Å². The Morgan fingerprint density at radius 2 is 1.85 bits per heavy atom. The molecule has 0 radical (unpaired) electrons. The first-order valence-electron chi connectivity index (χ1n) is 7.46. The van der Waals surface area contributed by atoms with Crippen LogP contribution in [0.15, 0.2) is 53.7 Å². The van der Waals surface area contributed by atoms with E-state index < -0.39 is 22.1 Å². The van der Waals surface area contributed by atoms with Gasteiger partial charge in [0.15, 0.2) is 0 Å². The van der Waals surface area contributed by atoms with Gasteiger partial charge in [-0.05, 0) is 35.9 Å². The standard InChI is InChI=1S/C16H17F3N2O4S/c1-24-10-9-21(12-13-3-2-8-20-11-13)26(22,23)15-6-4-14(5-7-15)25-16(17,18)19/h2-8,11H,9-10,12H2,1H3. The molecule has 0 aliphatic heterocycles. The number of halogens is 3. The van der Waals surface area contributed by atoms with Crippen LogP contribution in [-0.4, -0.2) is 44.3 Å². The van der Waals surface area contributed by atoms with Gasteiger partial charge in [-0.15, -0.1) is 13.2 Å². The highest BCUT2D eigenvalue weighted by molar-refractivity contribution is 7.89. The molecule has 0 amide bonds. The minimum Gasteiger partial charge on any atom is -0.406 e. The van der Waals surface area contributed by atoms with Crippen LogP contribution < -0.4 is 4.74 Å². The van der Waals surface area contributed by atoms with Crippen LogP contribution in [0.25, 0.3) is 0 Å². The molecule has 0 spiro atoms. The van der Waals surface area contributed by atoms with E-state index in [4.69, 9.17) is 4.74 Å². The van der Waals surface area contributed by atoms with E-state index in [1.807, 2.05) is 0 Å². The fraction of sp³-hybridized carbons (Fsp3) is 0.312. The third kappa shape index (κ3) is 5.68. The highest BCUT2D eigenvalue weighted by Gasteiger charge is 2.31. The number of hydrogen-bond acceptors (Lipinski definition) is 5. The minimum absolute atomic E-state index is 0.0559. The molecule has 0 saturated heterocycles. The van der Waals surface area contributed by atoms with E-state index >= 15 is 0 Å². The third-order valence-electron chi connectivity index (χ3n) is 3.32. The Morgan fingerprint density at radius 1 is 1.15 bits per heavy atom. The number of methoxy groups -OCH3 is 1. The van der Waals surface area contributed by atoms with Crippen LogP contribution in [0.1, 0.15) is 5.56 Å². The van der Waals surface area contributed by atoms with Gasteiger partial charge < -0.3 is 9.47 Å². The quantitative estimate of drug-likeness (QED) is 0.693. The third-order valence-corrected chi connectivity index (χ3v) is 5.18. The number of pyridine rings is 1. The first-order valence-corrected chi connectivity index (χ1v) is 8.90. The van der Waals surface area contributed by atoms with Crippen LogP contribution in [-0.2, 0) is 21.3 Å². The van der Waals surface area contributed by atoms with E-state index in [0.29, 0.717) is 5.56 Å². The first kappa shape index (κ1) is 20.1. The highest BCUT2D eigenvalue weighted by Crippen LogP contribution is 2.25. The minimum atomic E-state index is -4.84. The molecule has 0 N–H and O–H groups in total. The number of benzene rings is 1. The Labute approximate surface area is 149 Å². The van der Waals surface area contributed by atoms with E-state index in [0.717, 1.165) is 24.3 Å². The fourth-order valence-electron chi connectivity index (χ4n) is 2.13. The average Bonchev–Trinajstić information content (AvgIpc) is 2.58. The van der Waals surface area contributed by atoms with E-state index in [1.165, 1.54) is 17.6 Å². The van der Waals surface area contributed by atoms with Crippen molar-refractivity contribution in [2.45, 2.75) is 17.8 Å². The molecule has 0 saturated carbocycles. The Kier molecular flexibility index (Phi) is 6.57. The summed E-state index contributed by atoms with van der Waals surface area (Å²) in [6, 6.07) is 7.46. The molecular formula is C16H17F3N2O4S. The Balaban J connectivity index is 2.24. The largest absolute Gasteiger partial charge is 0.573 e. The number of alkyl halides is 3. The van der Waals surface area contributed by atoms with Gasteiger partial charge in [0.25, 0.3) is 0 Å². The smallest absolute Gasteiger partial charge is 0.406 e. The normalized spacial score (nSPS) is 12.3. The molecule has 10 heteroatoms. The summed E-state index contributed by atoms with van der Waals surface area (Å²) in [4.78, 5) is 3.80. The van der Waals surface area contributed by atoms with Crippen molar-refractivity contribution in [3.63, 3.8) is 0 Å². The van der Waals surface area contributed by atoms with Gasteiger partial charge in [0.2, 0.25) is 10.0 Å². The summed E-state index contributed by atoms with van der Waals surface area (Å²) in [6.07, 6.45) is -1.74. The van der Waals surface area contributed by atoms with Crippen molar-refractivity contribution in [1.82, 2.24) is 9.29 Å². The maximum absolute atomic E-state index is 12.8. The van der Waals surface area contributed by atoms with Gasteiger partial charge >= 0.3 is 6.36 Å². The summed E-state index contributed by atoms with van der Waals surface area (Å²) in [7, 11) is -2.50. The first-order chi connectivity index (χ1) is 12.2. The Morgan fingerprint density at radius 3 is 2.38 bits per heavy atom. The molecule has 1 heterocycles. The number of hydrogen-bond donors (Lipinski definition) is 0. The van der Waals surface area contributed by atoms with Gasteiger partial charge in [-0.3, -0.25) is 4.98 Å². The van der Waals surface area contributed by atoms with Gasteiger partial charge in [-0.25, -0.2) is 8.42 Å². The lowest BCUT2D eigenvalue weighted by molar-refractivity contribution is -0.274. The lowest BCUT2D eigenvalue weighted by atomic mass is 10.3. The number of ether oxygens (including phenoxy) is 2. The molecule has 6 nitrogen and oxygen atoms in total. The van der Waals surface area contributed by atoms with Gasteiger partial charge in [-0.1, -0.05) is 6.07 Å². The molecule has 0 unspecified atom stereocenters. The monoisotopic (exact) mass is 390 g/mol. The van der Waals surface area contributed by atoms with Gasteiger partial charge in [0, 0.05) is 32.6 Å². The Hall–Kier alpha value is -2.17. The molecule has 0 aliphatic rings. The molecule has 26 heavy (non-hydrogen) atoms. The summed E-state index contributed by atoms with van der Waals surface area (Å²) in [5, 5.41) is 0. The molecule has 1 aromatic heterocycles. The van der Waals surface area contributed by atoms with Gasteiger partial charge in [-0.2, -0.15) is 4.31 Å². The Bertz CT molecular complexity index is 796. The lowest BCUT2D eigenvalue weighted by Gasteiger charge is -2.22. The van der Waals surface area contributed by atoms with Crippen LogP contribution in [0, 0.1) is 0 Å². The predicted octanol–water partition coefficient (Wildman–Crippen LogP) is 2.82. The SMILES string of the molecule is COCCN(Cc1cccnc1)S(=O)(=O)c1ccc(OC(F)(F)F)cc1. The number of nitrogens with zero attached hydrogens (tertiary/aromatic N) is 2. The summed E-state index contributed by atoms with van der Waals surface area (Å²) < 4.78 is 72.2. The van der Waals surface area contributed by atoms with Gasteiger partial charge in [0.1, 0.15) is 5.75 Å². The van der Waals surface area contributed by atoms with E-state index in [1.54, 1.807) is 18.3 Å². The van der Waals surface area contributed by atoms with Crippen molar-refractivity contribution >= 4 is 10.0 Å². The summed E-state index contributed by atoms with van der Waals surface area (Å²) >= 11 is 0. The van der Waals surface area contributed by atoms with Gasteiger partial charge in [0.05, 0.1) is 11.5 Å². The second-order valence-corrected chi connectivity index (χ2v) is 7.15. The molecule has 0 atom stereocenters. The number of aromatic nitrogens is 1. The predicted molar refractivity (Wildman–Crippen MR) is 86.8 cm³/mol. The maximum atomic E-state index is 12.8. The van der Waals surface area contributed by atoms with E-state index in [9.17, 15) is 21.6 Å². The molecule has 1 aromatic carbocycles. The summed E-state index contributed by atoms with van der Waals surface area (Å²) in [5.41, 5.74) is 0.671. The van der Waals surface area contributed by atoms with Crippen LogP contribution >= 0.6 is 0 Å². The second-order valence-electron chi connectivity index (χ2n) is 5.21. The van der Waals surface area contributed by atoms with E-state index in [-0.39, 0.29) is 24.6 Å².